The van der Waals surface area contributed by atoms with Gasteiger partial charge in [-0.05, 0) is 0 Å². The standard InChI is InChI=1S/C11H15N5O5/c1-16-8-6(13-10(16)21-11(17)19-3)7(12)14-9(15-8)20-5-4-18-2/h4-5H2,1-3H3,(H2,12,14,15). The van der Waals surface area contributed by atoms with Crippen molar-refractivity contribution in [3.8, 4) is 12.0 Å². The monoisotopic (exact) mass is 297 g/mol. The van der Waals surface area contributed by atoms with Crippen LogP contribution in [0.2, 0.25) is 0 Å². The highest BCUT2D eigenvalue weighted by molar-refractivity contribution is 5.83. The van der Waals surface area contributed by atoms with Gasteiger partial charge in [0.15, 0.2) is 17.0 Å². The van der Waals surface area contributed by atoms with E-state index in [4.69, 9.17) is 19.9 Å². The first-order valence-corrected chi connectivity index (χ1v) is 5.94. The van der Waals surface area contributed by atoms with Gasteiger partial charge in [-0.15, -0.1) is 0 Å². The number of methoxy groups -OCH3 is 2. The van der Waals surface area contributed by atoms with E-state index >= 15 is 0 Å². The lowest BCUT2D eigenvalue weighted by atomic mass is 10.5. The maximum atomic E-state index is 11.1. The molecule has 0 fully saturated rings. The average Bonchev–Trinajstić information content (AvgIpc) is 2.77. The van der Waals surface area contributed by atoms with E-state index in [-0.39, 0.29) is 24.4 Å². The Morgan fingerprint density at radius 1 is 1.24 bits per heavy atom. The van der Waals surface area contributed by atoms with Gasteiger partial charge in [0.25, 0.3) is 0 Å². The van der Waals surface area contributed by atoms with Crippen LogP contribution in [0.15, 0.2) is 0 Å². The van der Waals surface area contributed by atoms with Gasteiger partial charge in [0.05, 0.1) is 13.7 Å². The van der Waals surface area contributed by atoms with Gasteiger partial charge < -0.3 is 24.7 Å². The number of carbonyl (C=O) groups is 1. The van der Waals surface area contributed by atoms with Crippen LogP contribution in [-0.4, -0.2) is 53.1 Å². The van der Waals surface area contributed by atoms with E-state index in [9.17, 15) is 4.79 Å². The van der Waals surface area contributed by atoms with Crippen LogP contribution >= 0.6 is 0 Å². The third-order valence-corrected chi connectivity index (χ3v) is 2.54. The lowest BCUT2D eigenvalue weighted by Crippen LogP contribution is -2.10. The normalized spacial score (nSPS) is 10.6. The van der Waals surface area contributed by atoms with E-state index in [1.54, 1.807) is 14.2 Å². The first-order chi connectivity index (χ1) is 10.1. The highest BCUT2D eigenvalue weighted by Gasteiger charge is 2.18. The summed E-state index contributed by atoms with van der Waals surface area (Å²) in [5.74, 6) is 0.114. The summed E-state index contributed by atoms with van der Waals surface area (Å²) < 4.78 is 20.9. The van der Waals surface area contributed by atoms with Crippen molar-refractivity contribution in [3.05, 3.63) is 0 Å². The molecule has 0 saturated carbocycles. The molecule has 10 nitrogen and oxygen atoms in total. The molecule has 0 unspecified atom stereocenters. The molecule has 0 bridgehead atoms. The Morgan fingerprint density at radius 3 is 2.67 bits per heavy atom. The van der Waals surface area contributed by atoms with Gasteiger partial charge in [-0.2, -0.15) is 15.0 Å². The van der Waals surface area contributed by atoms with Crippen molar-refractivity contribution in [2.75, 3.05) is 33.2 Å². The Morgan fingerprint density at radius 2 is 2.00 bits per heavy atom. The number of anilines is 1. The summed E-state index contributed by atoms with van der Waals surface area (Å²) in [5.41, 5.74) is 6.47. The van der Waals surface area contributed by atoms with Crippen molar-refractivity contribution < 1.29 is 23.7 Å². The van der Waals surface area contributed by atoms with Crippen molar-refractivity contribution in [2.45, 2.75) is 0 Å². The molecule has 0 aliphatic heterocycles. The van der Waals surface area contributed by atoms with Gasteiger partial charge in [-0.3, -0.25) is 4.57 Å². The van der Waals surface area contributed by atoms with Crippen LogP contribution in [0.1, 0.15) is 0 Å². The highest BCUT2D eigenvalue weighted by atomic mass is 16.7. The summed E-state index contributed by atoms with van der Waals surface area (Å²) >= 11 is 0. The number of nitrogens with zero attached hydrogens (tertiary/aromatic N) is 4. The van der Waals surface area contributed by atoms with Crippen LogP contribution < -0.4 is 15.2 Å². The molecule has 0 aliphatic rings. The number of ether oxygens (including phenoxy) is 4. The van der Waals surface area contributed by atoms with E-state index in [0.717, 1.165) is 0 Å². The molecule has 2 aromatic heterocycles. The molecule has 0 radical (unpaired) electrons. The number of hydrogen-bond donors (Lipinski definition) is 1. The Bertz CT molecular complexity index is 656. The van der Waals surface area contributed by atoms with Gasteiger partial charge in [0.1, 0.15) is 6.61 Å². The molecule has 114 valence electrons. The Balaban J connectivity index is 2.34. The maximum absolute atomic E-state index is 11.1. The Hall–Kier alpha value is -2.62. The molecule has 0 aliphatic carbocycles. The molecule has 0 saturated heterocycles. The minimum absolute atomic E-state index is 0.00751. The molecule has 21 heavy (non-hydrogen) atoms. The molecule has 2 aromatic rings. The first-order valence-electron chi connectivity index (χ1n) is 5.94. The zero-order valence-corrected chi connectivity index (χ0v) is 11.8. The molecule has 2 heterocycles. The molecule has 0 amide bonds. The number of nitrogens with two attached hydrogens (primary N) is 1. The number of aryl methyl sites for hydroxylation is 1. The van der Waals surface area contributed by atoms with Crippen LogP contribution in [0.5, 0.6) is 12.0 Å². The van der Waals surface area contributed by atoms with Gasteiger partial charge in [-0.1, -0.05) is 0 Å². The summed E-state index contributed by atoms with van der Waals surface area (Å²) in [6, 6.07) is 0.0801. The van der Waals surface area contributed by atoms with E-state index in [1.165, 1.54) is 11.7 Å². The minimum atomic E-state index is -0.892. The molecule has 2 rings (SSSR count). The lowest BCUT2D eigenvalue weighted by molar-refractivity contribution is 0.116. The third-order valence-electron chi connectivity index (χ3n) is 2.54. The quantitative estimate of drug-likeness (QED) is 0.605. The fraction of sp³-hybridized carbons (Fsp3) is 0.455. The summed E-state index contributed by atoms with van der Waals surface area (Å²) in [6.45, 7) is 0.675. The predicted molar refractivity (Wildman–Crippen MR) is 71.1 cm³/mol. The Kier molecular flexibility index (Phi) is 4.38. The van der Waals surface area contributed by atoms with Gasteiger partial charge >= 0.3 is 18.2 Å². The molecule has 10 heteroatoms. The average molecular weight is 297 g/mol. The zero-order chi connectivity index (χ0) is 15.4. The number of carbonyl (C=O) groups excluding carboxylic acids is 1. The zero-order valence-electron chi connectivity index (χ0n) is 11.8. The lowest BCUT2D eigenvalue weighted by Gasteiger charge is -2.05. The smallest absolute Gasteiger partial charge is 0.461 e. The predicted octanol–water partition coefficient (Wildman–Crippen LogP) is 0.116. The summed E-state index contributed by atoms with van der Waals surface area (Å²) in [4.78, 5) is 23.3. The molecule has 0 atom stereocenters. The van der Waals surface area contributed by atoms with Crippen LogP contribution in [0, 0.1) is 0 Å². The van der Waals surface area contributed by atoms with Gasteiger partial charge in [0.2, 0.25) is 0 Å². The van der Waals surface area contributed by atoms with Crippen LogP contribution in [-0.2, 0) is 16.5 Å². The molecule has 0 spiro atoms. The van der Waals surface area contributed by atoms with Crippen molar-refractivity contribution in [1.29, 1.82) is 0 Å². The first kappa shape index (κ1) is 14.8. The van der Waals surface area contributed by atoms with E-state index in [2.05, 4.69) is 19.7 Å². The number of fused-ring (bicyclic) bond motifs is 1. The number of rotatable bonds is 5. The van der Waals surface area contributed by atoms with Crippen molar-refractivity contribution in [1.82, 2.24) is 19.5 Å². The van der Waals surface area contributed by atoms with Gasteiger partial charge in [-0.25, -0.2) is 4.79 Å². The topological polar surface area (TPSA) is 124 Å². The molecule has 0 aromatic carbocycles. The largest absolute Gasteiger partial charge is 0.516 e. The van der Waals surface area contributed by atoms with Crippen molar-refractivity contribution in [2.24, 2.45) is 7.05 Å². The van der Waals surface area contributed by atoms with Crippen molar-refractivity contribution in [3.63, 3.8) is 0 Å². The minimum Gasteiger partial charge on any atom is -0.461 e. The highest BCUT2D eigenvalue weighted by Crippen LogP contribution is 2.24. The van der Waals surface area contributed by atoms with E-state index < -0.39 is 6.16 Å². The molecule has 2 N–H and O–H groups in total. The second kappa shape index (κ2) is 6.22. The number of aromatic nitrogens is 4. The van der Waals surface area contributed by atoms with Crippen LogP contribution in [0.3, 0.4) is 0 Å². The van der Waals surface area contributed by atoms with Crippen LogP contribution in [0.25, 0.3) is 11.2 Å². The third kappa shape index (κ3) is 3.11. The number of nitrogen functional groups attached to an aromatic ring is 1. The van der Waals surface area contributed by atoms with Crippen LogP contribution in [0.4, 0.5) is 10.6 Å². The van der Waals surface area contributed by atoms with Crippen molar-refractivity contribution >= 4 is 23.1 Å². The maximum Gasteiger partial charge on any atom is 0.516 e. The fourth-order valence-corrected chi connectivity index (χ4v) is 1.53. The number of hydrogen-bond acceptors (Lipinski definition) is 9. The number of imidazole rings is 1. The van der Waals surface area contributed by atoms with Gasteiger partial charge in [0, 0.05) is 14.2 Å². The summed E-state index contributed by atoms with van der Waals surface area (Å²) in [7, 11) is 4.36. The SMILES string of the molecule is COCCOc1nc(N)c2nc(OC(=O)OC)n(C)c2n1. The Labute approximate surface area is 119 Å². The summed E-state index contributed by atoms with van der Waals surface area (Å²) in [5, 5.41) is 0. The second-order valence-electron chi connectivity index (χ2n) is 3.91. The molecular weight excluding hydrogens is 282 g/mol. The fourth-order valence-electron chi connectivity index (χ4n) is 1.53. The van der Waals surface area contributed by atoms with E-state index in [1.807, 2.05) is 0 Å². The second-order valence-corrected chi connectivity index (χ2v) is 3.91. The van der Waals surface area contributed by atoms with E-state index in [0.29, 0.717) is 17.8 Å². The summed E-state index contributed by atoms with van der Waals surface area (Å²) in [6.07, 6.45) is -0.892. The molecular formula is C11H15N5O5.